The van der Waals surface area contributed by atoms with Crippen LogP contribution in [0, 0.1) is 0 Å². The molecule has 17 heavy (non-hydrogen) atoms. The van der Waals surface area contributed by atoms with Gasteiger partial charge in [-0.05, 0) is 18.6 Å². The topological polar surface area (TPSA) is 49.3 Å². The summed E-state index contributed by atoms with van der Waals surface area (Å²) in [6.07, 6.45) is 1.57. The maximum atomic E-state index is 10.9. The van der Waals surface area contributed by atoms with Crippen LogP contribution in [0.4, 0.5) is 0 Å². The third-order valence-corrected chi connectivity index (χ3v) is 3.39. The molecule has 2 N–H and O–H groups in total. The molecule has 1 unspecified atom stereocenters. The Balaban J connectivity index is 2.20. The van der Waals surface area contributed by atoms with Gasteiger partial charge in [0.1, 0.15) is 6.04 Å². The van der Waals surface area contributed by atoms with Crippen LogP contribution < -0.4 is 5.32 Å². The Bertz CT molecular complexity index is 329. The zero-order valence-electron chi connectivity index (χ0n) is 10.1. The standard InChI is InChI=1S/C13H19NO2S/c1-2-6-12(13(15)16)14-9-10-17-11-7-4-3-5-8-11/h3-5,7-8,12,14H,2,6,9-10H2,1H3,(H,15,16). The quantitative estimate of drug-likeness (QED) is 0.552. The van der Waals surface area contributed by atoms with E-state index in [4.69, 9.17) is 5.11 Å². The fourth-order valence-corrected chi connectivity index (χ4v) is 2.33. The van der Waals surface area contributed by atoms with Gasteiger partial charge in [-0.3, -0.25) is 4.79 Å². The molecule has 0 aromatic heterocycles. The second-order valence-electron chi connectivity index (χ2n) is 3.80. The van der Waals surface area contributed by atoms with E-state index in [0.717, 1.165) is 18.7 Å². The SMILES string of the molecule is CCCC(NCCSc1ccccc1)C(=O)O. The molecule has 0 saturated carbocycles. The lowest BCUT2D eigenvalue weighted by atomic mass is 10.2. The predicted molar refractivity (Wildman–Crippen MR) is 71.5 cm³/mol. The number of thioether (sulfide) groups is 1. The molecular formula is C13H19NO2S. The van der Waals surface area contributed by atoms with Gasteiger partial charge in [-0.1, -0.05) is 31.5 Å². The second-order valence-corrected chi connectivity index (χ2v) is 4.96. The molecule has 3 nitrogen and oxygen atoms in total. The van der Waals surface area contributed by atoms with Crippen molar-refractivity contribution in [2.75, 3.05) is 12.3 Å². The van der Waals surface area contributed by atoms with Gasteiger partial charge in [-0.15, -0.1) is 11.8 Å². The maximum Gasteiger partial charge on any atom is 0.320 e. The molecule has 1 aromatic rings. The summed E-state index contributed by atoms with van der Waals surface area (Å²) in [4.78, 5) is 12.1. The van der Waals surface area contributed by atoms with Crippen molar-refractivity contribution in [3.63, 3.8) is 0 Å². The predicted octanol–water partition coefficient (Wildman–Crippen LogP) is 2.62. The van der Waals surface area contributed by atoms with Crippen molar-refractivity contribution < 1.29 is 9.90 Å². The summed E-state index contributed by atoms with van der Waals surface area (Å²) in [5, 5.41) is 12.0. The lowest BCUT2D eigenvalue weighted by Gasteiger charge is -2.12. The minimum absolute atomic E-state index is 0.406. The fraction of sp³-hybridized carbons (Fsp3) is 0.462. The van der Waals surface area contributed by atoms with Gasteiger partial charge in [-0.25, -0.2) is 0 Å². The van der Waals surface area contributed by atoms with E-state index in [-0.39, 0.29) is 0 Å². The molecule has 1 rings (SSSR count). The van der Waals surface area contributed by atoms with Crippen molar-refractivity contribution in [1.82, 2.24) is 5.32 Å². The summed E-state index contributed by atoms with van der Waals surface area (Å²) in [5.74, 6) is 0.133. The van der Waals surface area contributed by atoms with Gasteiger partial charge in [0.2, 0.25) is 0 Å². The number of hydrogen-bond donors (Lipinski definition) is 2. The molecule has 1 atom stereocenters. The first-order valence-electron chi connectivity index (χ1n) is 5.88. The largest absolute Gasteiger partial charge is 0.480 e. The molecule has 4 heteroatoms. The van der Waals surface area contributed by atoms with E-state index in [9.17, 15) is 4.79 Å². The highest BCUT2D eigenvalue weighted by Gasteiger charge is 2.14. The van der Waals surface area contributed by atoms with E-state index < -0.39 is 12.0 Å². The van der Waals surface area contributed by atoms with Gasteiger partial charge in [-0.2, -0.15) is 0 Å². The van der Waals surface area contributed by atoms with Crippen molar-refractivity contribution in [3.8, 4) is 0 Å². The smallest absolute Gasteiger partial charge is 0.320 e. The fourth-order valence-electron chi connectivity index (χ4n) is 1.52. The molecular weight excluding hydrogens is 234 g/mol. The highest BCUT2D eigenvalue weighted by molar-refractivity contribution is 7.99. The minimum atomic E-state index is -0.753. The monoisotopic (exact) mass is 253 g/mol. The first-order valence-corrected chi connectivity index (χ1v) is 6.86. The van der Waals surface area contributed by atoms with E-state index in [0.29, 0.717) is 6.42 Å². The molecule has 0 spiro atoms. The Hall–Kier alpha value is -1.00. The zero-order chi connectivity index (χ0) is 12.5. The van der Waals surface area contributed by atoms with E-state index >= 15 is 0 Å². The van der Waals surface area contributed by atoms with E-state index in [1.807, 2.05) is 25.1 Å². The Morgan fingerprint density at radius 1 is 1.41 bits per heavy atom. The van der Waals surface area contributed by atoms with E-state index in [2.05, 4.69) is 17.4 Å². The van der Waals surface area contributed by atoms with Gasteiger partial charge in [0, 0.05) is 17.2 Å². The van der Waals surface area contributed by atoms with Gasteiger partial charge in [0.15, 0.2) is 0 Å². The van der Waals surface area contributed by atoms with Crippen LogP contribution in [0.5, 0.6) is 0 Å². The van der Waals surface area contributed by atoms with Crippen LogP contribution in [0.3, 0.4) is 0 Å². The van der Waals surface area contributed by atoms with Crippen LogP contribution in [-0.4, -0.2) is 29.4 Å². The van der Waals surface area contributed by atoms with Gasteiger partial charge in [0.25, 0.3) is 0 Å². The summed E-state index contributed by atoms with van der Waals surface area (Å²) < 4.78 is 0. The van der Waals surface area contributed by atoms with Crippen LogP contribution in [-0.2, 0) is 4.79 Å². The highest BCUT2D eigenvalue weighted by atomic mass is 32.2. The first-order chi connectivity index (χ1) is 8.24. The van der Waals surface area contributed by atoms with Crippen molar-refractivity contribution in [1.29, 1.82) is 0 Å². The number of carbonyl (C=O) groups is 1. The summed E-state index contributed by atoms with van der Waals surface area (Å²) in [5.41, 5.74) is 0. The number of hydrogen-bond acceptors (Lipinski definition) is 3. The molecule has 0 heterocycles. The van der Waals surface area contributed by atoms with Crippen LogP contribution >= 0.6 is 11.8 Å². The Morgan fingerprint density at radius 3 is 2.71 bits per heavy atom. The van der Waals surface area contributed by atoms with Crippen LogP contribution in [0.25, 0.3) is 0 Å². The number of nitrogens with one attached hydrogen (secondary N) is 1. The lowest BCUT2D eigenvalue weighted by molar-refractivity contribution is -0.139. The third-order valence-electron chi connectivity index (χ3n) is 2.38. The Labute approximate surface area is 107 Å². The molecule has 0 aliphatic rings. The molecule has 0 aliphatic carbocycles. The Kier molecular flexibility index (Phi) is 6.74. The molecule has 1 aromatic carbocycles. The van der Waals surface area contributed by atoms with Gasteiger partial charge < -0.3 is 10.4 Å². The number of rotatable bonds is 8. The van der Waals surface area contributed by atoms with Gasteiger partial charge >= 0.3 is 5.97 Å². The Morgan fingerprint density at radius 2 is 2.12 bits per heavy atom. The second kappa shape index (κ2) is 8.14. The number of carboxylic acid groups (broad SMARTS) is 1. The molecule has 94 valence electrons. The number of benzene rings is 1. The van der Waals surface area contributed by atoms with Crippen LogP contribution in [0.15, 0.2) is 35.2 Å². The average molecular weight is 253 g/mol. The molecule has 0 aliphatic heterocycles. The number of carboxylic acids is 1. The van der Waals surface area contributed by atoms with Crippen molar-refractivity contribution in [2.45, 2.75) is 30.7 Å². The van der Waals surface area contributed by atoms with E-state index in [1.165, 1.54) is 4.90 Å². The molecule has 0 fully saturated rings. The average Bonchev–Trinajstić information content (AvgIpc) is 2.34. The van der Waals surface area contributed by atoms with Crippen LogP contribution in [0.2, 0.25) is 0 Å². The zero-order valence-corrected chi connectivity index (χ0v) is 10.9. The summed E-state index contributed by atoms with van der Waals surface area (Å²) in [6.45, 7) is 2.72. The highest BCUT2D eigenvalue weighted by Crippen LogP contribution is 2.15. The maximum absolute atomic E-state index is 10.9. The van der Waals surface area contributed by atoms with E-state index in [1.54, 1.807) is 11.8 Å². The third kappa shape index (κ3) is 5.75. The first kappa shape index (κ1) is 14.1. The summed E-state index contributed by atoms with van der Waals surface area (Å²) >= 11 is 1.74. The minimum Gasteiger partial charge on any atom is -0.480 e. The van der Waals surface area contributed by atoms with Crippen molar-refractivity contribution >= 4 is 17.7 Å². The summed E-state index contributed by atoms with van der Waals surface area (Å²) in [7, 11) is 0. The van der Waals surface area contributed by atoms with Crippen LogP contribution in [0.1, 0.15) is 19.8 Å². The molecule has 0 amide bonds. The number of aliphatic carboxylic acids is 1. The molecule has 0 bridgehead atoms. The normalized spacial score (nSPS) is 12.3. The lowest BCUT2D eigenvalue weighted by Crippen LogP contribution is -2.37. The molecule has 0 saturated heterocycles. The van der Waals surface area contributed by atoms with Crippen molar-refractivity contribution in [2.24, 2.45) is 0 Å². The molecule has 0 radical (unpaired) electrons. The van der Waals surface area contributed by atoms with Crippen molar-refractivity contribution in [3.05, 3.63) is 30.3 Å². The van der Waals surface area contributed by atoms with Gasteiger partial charge in [0.05, 0.1) is 0 Å². The summed E-state index contributed by atoms with van der Waals surface area (Å²) in [6, 6.07) is 9.72.